The standard InChI is InChI=1S/C33H36N4O3/c1-24(25-11-5-2-6-12-25)34-30(38)22-36-23-37(27-15-9-4-10-16-27)33(32(36)40)17-19-35(20-18-33)31(39)29-21-28(29)26-13-7-3-8-14-26/h2-16,24,28-29H,17-23H2,1H3,(H,34,38). The number of likely N-dealkylation sites (tertiary alicyclic amines) is 1. The zero-order valence-electron chi connectivity index (χ0n) is 22.9. The average Bonchev–Trinajstić information content (AvgIpc) is 3.76. The lowest BCUT2D eigenvalue weighted by atomic mass is 9.85. The lowest BCUT2D eigenvalue weighted by molar-refractivity contribution is -0.140. The van der Waals surface area contributed by atoms with Crippen LogP contribution in [0.5, 0.6) is 0 Å². The number of anilines is 1. The van der Waals surface area contributed by atoms with Crippen LogP contribution in [0.3, 0.4) is 0 Å². The van der Waals surface area contributed by atoms with Crippen molar-refractivity contribution in [1.82, 2.24) is 15.1 Å². The third-order valence-electron chi connectivity index (χ3n) is 8.83. The van der Waals surface area contributed by atoms with Crippen LogP contribution in [-0.4, -0.2) is 59.4 Å². The first-order chi connectivity index (χ1) is 19.5. The van der Waals surface area contributed by atoms with Gasteiger partial charge in [-0.1, -0.05) is 78.9 Å². The molecule has 6 rings (SSSR count). The van der Waals surface area contributed by atoms with E-state index in [0.717, 1.165) is 17.7 Å². The summed E-state index contributed by atoms with van der Waals surface area (Å²) in [5.41, 5.74) is 2.45. The summed E-state index contributed by atoms with van der Waals surface area (Å²) in [6, 6.07) is 29.9. The number of benzene rings is 3. The minimum absolute atomic E-state index is 0.00453. The molecule has 3 aliphatic rings. The molecule has 7 heteroatoms. The fourth-order valence-electron chi connectivity index (χ4n) is 6.48. The van der Waals surface area contributed by atoms with Crippen molar-refractivity contribution in [2.24, 2.45) is 5.92 Å². The van der Waals surface area contributed by atoms with Crippen LogP contribution < -0.4 is 10.2 Å². The molecule has 2 saturated heterocycles. The number of para-hydroxylation sites is 1. The summed E-state index contributed by atoms with van der Waals surface area (Å²) in [4.78, 5) is 46.2. The van der Waals surface area contributed by atoms with E-state index < -0.39 is 5.54 Å². The van der Waals surface area contributed by atoms with Gasteiger partial charge in [-0.25, -0.2) is 0 Å². The third kappa shape index (κ3) is 4.96. The van der Waals surface area contributed by atoms with Crippen LogP contribution in [0.25, 0.3) is 0 Å². The molecular formula is C33H36N4O3. The first kappa shape index (κ1) is 26.1. The Hall–Kier alpha value is -4.13. The maximum absolute atomic E-state index is 14.0. The van der Waals surface area contributed by atoms with E-state index >= 15 is 0 Å². The van der Waals surface area contributed by atoms with Crippen molar-refractivity contribution < 1.29 is 14.4 Å². The smallest absolute Gasteiger partial charge is 0.250 e. The average molecular weight is 537 g/mol. The number of nitrogens with zero attached hydrogens (tertiary/aromatic N) is 3. The second-order valence-corrected chi connectivity index (χ2v) is 11.3. The predicted octanol–water partition coefficient (Wildman–Crippen LogP) is 4.34. The van der Waals surface area contributed by atoms with E-state index in [1.54, 1.807) is 4.90 Å². The van der Waals surface area contributed by atoms with Gasteiger partial charge < -0.3 is 20.0 Å². The maximum Gasteiger partial charge on any atom is 0.250 e. The van der Waals surface area contributed by atoms with Gasteiger partial charge in [0.05, 0.1) is 12.7 Å². The number of piperidine rings is 1. The first-order valence-corrected chi connectivity index (χ1v) is 14.3. The minimum atomic E-state index is -0.758. The Morgan fingerprint density at radius 1 is 0.900 bits per heavy atom. The van der Waals surface area contributed by atoms with Gasteiger partial charge in [0.25, 0.3) is 5.91 Å². The summed E-state index contributed by atoms with van der Waals surface area (Å²) in [5, 5.41) is 3.04. The molecule has 40 heavy (non-hydrogen) atoms. The highest BCUT2D eigenvalue weighted by atomic mass is 16.2. The molecule has 7 nitrogen and oxygen atoms in total. The Bertz CT molecular complexity index is 1360. The molecule has 0 radical (unpaired) electrons. The van der Waals surface area contributed by atoms with E-state index in [2.05, 4.69) is 22.3 Å². The van der Waals surface area contributed by atoms with Crippen molar-refractivity contribution >= 4 is 23.4 Å². The van der Waals surface area contributed by atoms with Crippen LogP contribution in [0.15, 0.2) is 91.0 Å². The molecule has 3 fully saturated rings. The monoisotopic (exact) mass is 536 g/mol. The van der Waals surface area contributed by atoms with Crippen molar-refractivity contribution in [1.29, 1.82) is 0 Å². The van der Waals surface area contributed by atoms with Crippen LogP contribution in [-0.2, 0) is 14.4 Å². The number of carbonyl (C=O) groups is 3. The summed E-state index contributed by atoms with van der Waals surface area (Å²) in [6.07, 6.45) is 1.99. The van der Waals surface area contributed by atoms with Gasteiger partial charge in [0.1, 0.15) is 12.1 Å². The van der Waals surface area contributed by atoms with Gasteiger partial charge in [0.15, 0.2) is 0 Å². The molecule has 0 bridgehead atoms. The van der Waals surface area contributed by atoms with E-state index in [4.69, 9.17) is 0 Å². The van der Waals surface area contributed by atoms with Crippen LogP contribution in [0.4, 0.5) is 5.69 Å². The number of carbonyl (C=O) groups excluding carboxylic acids is 3. The van der Waals surface area contributed by atoms with Crippen molar-refractivity contribution in [2.45, 2.75) is 43.7 Å². The molecule has 1 N–H and O–H groups in total. The third-order valence-corrected chi connectivity index (χ3v) is 8.83. The minimum Gasteiger partial charge on any atom is -0.348 e. The molecule has 3 aromatic carbocycles. The molecule has 1 spiro atoms. The maximum atomic E-state index is 14.0. The van der Waals surface area contributed by atoms with Gasteiger partial charge in [-0.2, -0.15) is 0 Å². The highest BCUT2D eigenvalue weighted by Gasteiger charge is 2.55. The van der Waals surface area contributed by atoms with Crippen molar-refractivity contribution in [3.05, 3.63) is 102 Å². The van der Waals surface area contributed by atoms with E-state index in [-0.39, 0.29) is 36.2 Å². The topological polar surface area (TPSA) is 73.0 Å². The van der Waals surface area contributed by atoms with Crippen LogP contribution in [0.2, 0.25) is 0 Å². The van der Waals surface area contributed by atoms with Gasteiger partial charge in [-0.05, 0) is 55.4 Å². The molecule has 2 heterocycles. The van der Waals surface area contributed by atoms with Crippen molar-refractivity contribution in [3.63, 3.8) is 0 Å². The summed E-state index contributed by atoms with van der Waals surface area (Å²) in [6.45, 7) is 3.38. The summed E-state index contributed by atoms with van der Waals surface area (Å²) in [5.74, 6) is 0.327. The zero-order chi connectivity index (χ0) is 27.7. The molecule has 3 amide bonds. The quantitative estimate of drug-likeness (QED) is 0.488. The second-order valence-electron chi connectivity index (χ2n) is 11.3. The highest BCUT2D eigenvalue weighted by molar-refractivity contribution is 5.96. The molecule has 1 saturated carbocycles. The number of rotatable bonds is 7. The summed E-state index contributed by atoms with van der Waals surface area (Å²) in [7, 11) is 0. The van der Waals surface area contributed by atoms with Crippen molar-refractivity contribution in [2.75, 3.05) is 31.2 Å². The fraction of sp³-hybridized carbons (Fsp3) is 0.364. The van der Waals surface area contributed by atoms with E-state index in [1.165, 1.54) is 5.56 Å². The van der Waals surface area contributed by atoms with Crippen LogP contribution in [0.1, 0.15) is 49.3 Å². The van der Waals surface area contributed by atoms with Crippen molar-refractivity contribution in [3.8, 4) is 0 Å². The van der Waals surface area contributed by atoms with E-state index in [0.29, 0.717) is 38.5 Å². The fourth-order valence-corrected chi connectivity index (χ4v) is 6.48. The van der Waals surface area contributed by atoms with Gasteiger partial charge >= 0.3 is 0 Å². The largest absolute Gasteiger partial charge is 0.348 e. The number of nitrogens with one attached hydrogen (secondary N) is 1. The normalized spacial score (nSPS) is 22.3. The lowest BCUT2D eigenvalue weighted by Gasteiger charge is -2.43. The van der Waals surface area contributed by atoms with E-state index in [1.807, 2.05) is 90.7 Å². The molecule has 2 aliphatic heterocycles. The summed E-state index contributed by atoms with van der Waals surface area (Å²) >= 11 is 0. The Labute approximate surface area is 235 Å². The highest BCUT2D eigenvalue weighted by Crippen LogP contribution is 2.49. The number of hydrogen-bond donors (Lipinski definition) is 1. The van der Waals surface area contributed by atoms with Gasteiger partial charge in [0.2, 0.25) is 11.8 Å². The Morgan fingerprint density at radius 2 is 1.50 bits per heavy atom. The lowest BCUT2D eigenvalue weighted by Crippen LogP contribution is -2.57. The SMILES string of the molecule is CC(NC(=O)CN1CN(c2ccccc2)C2(CCN(C(=O)C3CC3c3ccccc3)CC2)C1=O)c1ccccc1. The first-order valence-electron chi connectivity index (χ1n) is 14.3. The molecule has 0 aromatic heterocycles. The number of hydrogen-bond acceptors (Lipinski definition) is 4. The zero-order valence-corrected chi connectivity index (χ0v) is 22.9. The molecule has 3 unspecified atom stereocenters. The van der Waals surface area contributed by atoms with E-state index in [9.17, 15) is 14.4 Å². The van der Waals surface area contributed by atoms with Gasteiger partial charge in [-0.3, -0.25) is 14.4 Å². The van der Waals surface area contributed by atoms with Crippen LogP contribution >= 0.6 is 0 Å². The van der Waals surface area contributed by atoms with Gasteiger partial charge in [-0.15, -0.1) is 0 Å². The molecule has 3 aromatic rings. The Morgan fingerprint density at radius 3 is 2.15 bits per heavy atom. The Balaban J connectivity index is 1.14. The molecule has 3 atom stereocenters. The summed E-state index contributed by atoms with van der Waals surface area (Å²) < 4.78 is 0. The van der Waals surface area contributed by atoms with Crippen LogP contribution in [0, 0.1) is 5.92 Å². The molecule has 206 valence electrons. The molecular weight excluding hydrogens is 500 g/mol. The van der Waals surface area contributed by atoms with Gasteiger partial charge in [0, 0.05) is 24.7 Å². The predicted molar refractivity (Wildman–Crippen MR) is 154 cm³/mol. The molecule has 1 aliphatic carbocycles. The number of amides is 3. The second kappa shape index (κ2) is 10.8. The Kier molecular flexibility index (Phi) is 7.05.